The molecule has 0 spiro atoms. The van der Waals surface area contributed by atoms with Crippen molar-refractivity contribution in [3.05, 3.63) is 34.9 Å². The summed E-state index contributed by atoms with van der Waals surface area (Å²) >= 11 is 5.95. The minimum absolute atomic E-state index is 0.0255. The predicted molar refractivity (Wildman–Crippen MR) is 90.8 cm³/mol. The molecule has 2 saturated heterocycles. The van der Waals surface area contributed by atoms with Gasteiger partial charge in [0.25, 0.3) is 0 Å². The predicted octanol–water partition coefficient (Wildman–Crippen LogP) is 1.15. The fourth-order valence-corrected chi connectivity index (χ4v) is 3.75. The molecule has 4 rings (SSSR count). The number of hydrogen-bond acceptors (Lipinski definition) is 3. The molecule has 2 N–H and O–H groups in total. The fourth-order valence-electron chi connectivity index (χ4n) is 3.63. The van der Waals surface area contributed by atoms with E-state index in [2.05, 4.69) is 15.5 Å². The van der Waals surface area contributed by atoms with Gasteiger partial charge in [-0.05, 0) is 30.5 Å². The molecule has 7 heteroatoms. The third-order valence-electron chi connectivity index (χ3n) is 5.27. The third-order valence-corrected chi connectivity index (χ3v) is 5.52. The van der Waals surface area contributed by atoms with Gasteiger partial charge in [0, 0.05) is 37.7 Å². The van der Waals surface area contributed by atoms with Crippen molar-refractivity contribution < 1.29 is 9.59 Å². The first-order chi connectivity index (χ1) is 11.6. The molecule has 3 amide bonds. The summed E-state index contributed by atoms with van der Waals surface area (Å²) in [4.78, 5) is 28.7. The van der Waals surface area contributed by atoms with Crippen LogP contribution in [-0.2, 0) is 10.3 Å². The minimum atomic E-state index is -0.270. The van der Waals surface area contributed by atoms with Crippen LogP contribution in [0.3, 0.4) is 0 Å². The maximum absolute atomic E-state index is 12.7. The van der Waals surface area contributed by atoms with Gasteiger partial charge in [-0.2, -0.15) is 0 Å². The average Bonchev–Trinajstić information content (AvgIpc) is 3.36. The maximum atomic E-state index is 12.7. The smallest absolute Gasteiger partial charge is 0.318 e. The Labute approximate surface area is 146 Å². The van der Waals surface area contributed by atoms with Crippen LogP contribution in [0.25, 0.3) is 0 Å². The fraction of sp³-hybridized carbons (Fsp3) is 0.529. The van der Waals surface area contributed by atoms with E-state index >= 15 is 0 Å². The summed E-state index contributed by atoms with van der Waals surface area (Å²) in [6, 6.07) is 7.36. The number of rotatable bonds is 2. The molecule has 1 aromatic carbocycles. The molecule has 6 nitrogen and oxygen atoms in total. The topological polar surface area (TPSA) is 64.7 Å². The van der Waals surface area contributed by atoms with E-state index in [1.165, 1.54) is 0 Å². The Morgan fingerprint density at radius 3 is 2.67 bits per heavy atom. The van der Waals surface area contributed by atoms with Crippen molar-refractivity contribution >= 4 is 23.5 Å². The van der Waals surface area contributed by atoms with Crippen molar-refractivity contribution in [2.45, 2.75) is 24.4 Å². The maximum Gasteiger partial charge on any atom is 0.318 e. The molecule has 1 aliphatic carbocycles. The SMILES string of the molecule is O=C1NCCN2CCN(C(=O)NC3(c4ccc(Cl)cc4)CC3)CC12. The van der Waals surface area contributed by atoms with Crippen LogP contribution >= 0.6 is 11.6 Å². The minimum Gasteiger partial charge on any atom is -0.353 e. The van der Waals surface area contributed by atoms with E-state index in [1.54, 1.807) is 4.90 Å². The lowest BCUT2D eigenvalue weighted by molar-refractivity contribution is -0.131. The summed E-state index contributed by atoms with van der Waals surface area (Å²) in [5, 5.41) is 6.75. The number of carbonyl (C=O) groups excluding carboxylic acids is 2. The zero-order chi connectivity index (χ0) is 16.7. The number of nitrogens with one attached hydrogen (secondary N) is 2. The van der Waals surface area contributed by atoms with Crippen LogP contribution in [0.1, 0.15) is 18.4 Å². The third kappa shape index (κ3) is 2.84. The molecule has 1 saturated carbocycles. The van der Waals surface area contributed by atoms with Crippen LogP contribution < -0.4 is 10.6 Å². The highest BCUT2D eigenvalue weighted by Crippen LogP contribution is 2.45. The van der Waals surface area contributed by atoms with Gasteiger partial charge in [0.15, 0.2) is 0 Å². The molecule has 24 heavy (non-hydrogen) atoms. The second-order valence-corrected chi connectivity index (χ2v) is 7.24. The van der Waals surface area contributed by atoms with E-state index in [0.29, 0.717) is 24.7 Å². The van der Waals surface area contributed by atoms with Gasteiger partial charge in [-0.15, -0.1) is 0 Å². The second-order valence-electron chi connectivity index (χ2n) is 6.81. The number of nitrogens with zero attached hydrogens (tertiary/aromatic N) is 2. The molecule has 1 aromatic rings. The van der Waals surface area contributed by atoms with Crippen molar-refractivity contribution in [1.82, 2.24) is 20.4 Å². The summed E-state index contributed by atoms with van der Waals surface area (Å²) in [6.45, 7) is 3.42. The molecular formula is C17H21ClN4O2. The van der Waals surface area contributed by atoms with Crippen LogP contribution in [0, 0.1) is 0 Å². The van der Waals surface area contributed by atoms with E-state index in [4.69, 9.17) is 11.6 Å². The number of urea groups is 1. The molecule has 0 radical (unpaired) electrons. The Balaban J connectivity index is 1.43. The molecule has 0 aromatic heterocycles. The summed E-state index contributed by atoms with van der Waals surface area (Å²) in [7, 11) is 0. The van der Waals surface area contributed by atoms with E-state index in [9.17, 15) is 9.59 Å². The first-order valence-corrected chi connectivity index (χ1v) is 8.80. The highest BCUT2D eigenvalue weighted by atomic mass is 35.5. The van der Waals surface area contributed by atoms with Crippen molar-refractivity contribution in [3.8, 4) is 0 Å². The summed E-state index contributed by atoms with van der Waals surface area (Å²) in [5.41, 5.74) is 0.822. The normalized spacial score (nSPS) is 25.6. The van der Waals surface area contributed by atoms with Crippen LogP contribution in [-0.4, -0.2) is 60.5 Å². The Hall–Kier alpha value is -1.79. The second kappa shape index (κ2) is 5.93. The summed E-state index contributed by atoms with van der Waals surface area (Å²) < 4.78 is 0. The highest BCUT2D eigenvalue weighted by Gasteiger charge is 2.47. The molecule has 128 valence electrons. The number of benzene rings is 1. The van der Waals surface area contributed by atoms with Crippen LogP contribution in [0.4, 0.5) is 4.79 Å². The highest BCUT2D eigenvalue weighted by molar-refractivity contribution is 6.30. The monoisotopic (exact) mass is 348 g/mol. The Morgan fingerprint density at radius 1 is 1.21 bits per heavy atom. The Bertz CT molecular complexity index is 659. The molecule has 3 aliphatic rings. The van der Waals surface area contributed by atoms with E-state index in [-0.39, 0.29) is 23.5 Å². The van der Waals surface area contributed by atoms with Gasteiger partial charge in [-0.1, -0.05) is 23.7 Å². The van der Waals surface area contributed by atoms with Crippen LogP contribution in [0.15, 0.2) is 24.3 Å². The molecule has 0 bridgehead atoms. The van der Waals surface area contributed by atoms with E-state index < -0.39 is 0 Å². The number of carbonyl (C=O) groups is 2. The quantitative estimate of drug-likeness (QED) is 0.843. The molecular weight excluding hydrogens is 328 g/mol. The number of halogens is 1. The van der Waals surface area contributed by atoms with Crippen molar-refractivity contribution in [2.75, 3.05) is 32.7 Å². The number of hydrogen-bond donors (Lipinski definition) is 2. The lowest BCUT2D eigenvalue weighted by Gasteiger charge is -2.43. The number of fused-ring (bicyclic) bond motifs is 1. The lowest BCUT2D eigenvalue weighted by atomic mass is 10.1. The summed E-state index contributed by atoms with van der Waals surface area (Å²) in [5.74, 6) is 0.0255. The number of piperazine rings is 2. The van der Waals surface area contributed by atoms with Gasteiger partial charge in [0.2, 0.25) is 5.91 Å². The molecule has 1 unspecified atom stereocenters. The largest absolute Gasteiger partial charge is 0.353 e. The van der Waals surface area contributed by atoms with Gasteiger partial charge < -0.3 is 15.5 Å². The number of amides is 3. The van der Waals surface area contributed by atoms with E-state index in [0.717, 1.165) is 31.5 Å². The first-order valence-electron chi connectivity index (χ1n) is 8.42. The van der Waals surface area contributed by atoms with Crippen LogP contribution in [0.2, 0.25) is 5.02 Å². The van der Waals surface area contributed by atoms with Gasteiger partial charge in [0.05, 0.1) is 5.54 Å². The van der Waals surface area contributed by atoms with Crippen LogP contribution in [0.5, 0.6) is 0 Å². The van der Waals surface area contributed by atoms with Gasteiger partial charge in [-0.25, -0.2) is 4.79 Å². The van der Waals surface area contributed by atoms with Gasteiger partial charge in [0.1, 0.15) is 6.04 Å². The molecule has 3 fully saturated rings. The lowest BCUT2D eigenvalue weighted by Crippen LogP contribution is -2.65. The Morgan fingerprint density at radius 2 is 1.96 bits per heavy atom. The molecule has 1 atom stereocenters. The average molecular weight is 349 g/mol. The standard InChI is InChI=1S/C17H21ClN4O2/c18-13-3-1-12(2-4-13)17(5-6-17)20-16(24)22-10-9-21-8-7-19-15(23)14(21)11-22/h1-4,14H,5-11H2,(H,19,23)(H,20,24). The molecule has 2 heterocycles. The van der Waals surface area contributed by atoms with Crippen molar-refractivity contribution in [3.63, 3.8) is 0 Å². The van der Waals surface area contributed by atoms with E-state index in [1.807, 2.05) is 24.3 Å². The first kappa shape index (κ1) is 15.7. The zero-order valence-corrected chi connectivity index (χ0v) is 14.2. The van der Waals surface area contributed by atoms with Crippen molar-refractivity contribution in [2.24, 2.45) is 0 Å². The summed E-state index contributed by atoms with van der Waals surface area (Å²) in [6.07, 6.45) is 1.87. The van der Waals surface area contributed by atoms with Crippen molar-refractivity contribution in [1.29, 1.82) is 0 Å². The van der Waals surface area contributed by atoms with Gasteiger partial charge in [-0.3, -0.25) is 9.69 Å². The zero-order valence-electron chi connectivity index (χ0n) is 13.4. The van der Waals surface area contributed by atoms with Gasteiger partial charge >= 0.3 is 6.03 Å². The Kier molecular flexibility index (Phi) is 3.89. The molecule has 2 aliphatic heterocycles.